The molecule has 0 N–H and O–H groups in total. The molecule has 0 aromatic carbocycles. The molecule has 62 valence electrons. The van der Waals surface area contributed by atoms with Crippen LogP contribution in [0.5, 0.6) is 0 Å². The van der Waals surface area contributed by atoms with Crippen LogP contribution in [0.4, 0.5) is 0 Å². The highest BCUT2D eigenvalue weighted by Gasteiger charge is 2.07. The topological polar surface area (TPSA) is 0 Å². The van der Waals surface area contributed by atoms with Crippen LogP contribution in [-0.4, -0.2) is 17.6 Å². The second kappa shape index (κ2) is 3.69. The largest absolute Gasteiger partial charge is 0.155 e. The summed E-state index contributed by atoms with van der Waals surface area (Å²) in [5, 5.41) is 0. The van der Waals surface area contributed by atoms with Gasteiger partial charge in [-0.2, -0.15) is 11.3 Å². The van der Waals surface area contributed by atoms with E-state index in [1.807, 2.05) is 0 Å². The lowest BCUT2D eigenvalue weighted by Gasteiger charge is -1.98. The van der Waals surface area contributed by atoms with Crippen molar-refractivity contribution in [1.82, 2.24) is 0 Å². The van der Waals surface area contributed by atoms with Gasteiger partial charge in [0, 0.05) is 0 Å². The first-order valence-corrected chi connectivity index (χ1v) is 10.8. The van der Waals surface area contributed by atoms with E-state index in [4.69, 9.17) is 0 Å². The number of thiophene rings is 1. The first-order chi connectivity index (χ1) is 5.11. The fourth-order valence-corrected chi connectivity index (χ4v) is 5.61. The van der Waals surface area contributed by atoms with Gasteiger partial charge in [-0.15, -0.1) is 0 Å². The van der Waals surface area contributed by atoms with Gasteiger partial charge in [-0.05, 0) is 9.00 Å². The lowest BCUT2D eigenvalue weighted by atomic mass is 10.7. The highest BCUT2D eigenvalue weighted by molar-refractivity contribution is 7.31. The second-order valence-corrected chi connectivity index (χ2v) is 11.4. The van der Waals surface area contributed by atoms with Crippen molar-refractivity contribution in [2.75, 3.05) is 0 Å². The molecule has 1 aromatic rings. The van der Waals surface area contributed by atoms with Crippen LogP contribution in [0.2, 0.25) is 26.2 Å². The van der Waals surface area contributed by atoms with Crippen molar-refractivity contribution in [1.29, 1.82) is 0 Å². The summed E-state index contributed by atoms with van der Waals surface area (Å²) in [6, 6.07) is 4.70. The van der Waals surface area contributed by atoms with E-state index in [0.717, 1.165) is 0 Å². The Labute approximate surface area is 76.5 Å². The lowest BCUT2D eigenvalue weighted by Crippen LogP contribution is -2.21. The van der Waals surface area contributed by atoms with E-state index in [2.05, 4.69) is 49.7 Å². The first kappa shape index (κ1) is 9.22. The predicted octanol–water partition coefficient (Wildman–Crippen LogP) is 1.14. The summed E-state index contributed by atoms with van der Waals surface area (Å²) in [6.45, 7) is 9.60. The Morgan fingerprint density at radius 2 is 1.27 bits per heavy atom. The third-order valence-electron chi connectivity index (χ3n) is 1.79. The Balaban J connectivity index is 2.82. The minimum atomic E-state index is -0.508. The van der Waals surface area contributed by atoms with Gasteiger partial charge in [-0.1, -0.05) is 38.3 Å². The van der Waals surface area contributed by atoms with E-state index in [1.54, 1.807) is 9.00 Å². The second-order valence-electron chi connectivity index (χ2n) is 3.55. The first-order valence-electron chi connectivity index (χ1n) is 4.21. The summed E-state index contributed by atoms with van der Waals surface area (Å²) in [5.41, 5.74) is 0. The van der Waals surface area contributed by atoms with E-state index in [-0.39, 0.29) is 0 Å². The van der Waals surface area contributed by atoms with Gasteiger partial charge < -0.3 is 0 Å². The summed E-state index contributed by atoms with van der Waals surface area (Å²) < 4.78 is 3.36. The maximum absolute atomic E-state index is 2.40. The predicted molar refractivity (Wildman–Crippen MR) is 61.3 cm³/mol. The molecule has 0 spiro atoms. The fourth-order valence-electron chi connectivity index (χ4n) is 0.989. The molecule has 1 aromatic heterocycles. The van der Waals surface area contributed by atoms with E-state index in [1.165, 1.54) is 0 Å². The molecule has 0 atom stereocenters. The van der Waals surface area contributed by atoms with Crippen molar-refractivity contribution in [3.63, 3.8) is 0 Å². The van der Waals surface area contributed by atoms with Crippen LogP contribution in [0.1, 0.15) is 0 Å². The van der Waals surface area contributed by atoms with Gasteiger partial charge in [0.15, 0.2) is 0 Å². The van der Waals surface area contributed by atoms with Crippen molar-refractivity contribution >= 4 is 37.9 Å². The van der Waals surface area contributed by atoms with Crippen LogP contribution < -0.4 is 9.00 Å². The van der Waals surface area contributed by atoms with Crippen LogP contribution >= 0.6 is 11.3 Å². The molecule has 0 radical (unpaired) electrons. The molecule has 0 amide bonds. The molecule has 3 heteroatoms. The van der Waals surface area contributed by atoms with E-state index < -0.39 is 17.6 Å². The highest BCUT2D eigenvalue weighted by Crippen LogP contribution is 1.97. The molecular formula is C8H16SSi2. The molecule has 0 nitrogen and oxygen atoms in total. The van der Waals surface area contributed by atoms with Crippen LogP contribution in [0.3, 0.4) is 0 Å². The molecule has 0 bridgehead atoms. The van der Waals surface area contributed by atoms with Crippen LogP contribution in [0.25, 0.3) is 0 Å². The highest BCUT2D eigenvalue weighted by atomic mass is 32.1. The summed E-state index contributed by atoms with van der Waals surface area (Å²) in [5.74, 6) is 0. The van der Waals surface area contributed by atoms with Gasteiger partial charge in [0.1, 0.15) is 0 Å². The van der Waals surface area contributed by atoms with E-state index in [0.29, 0.717) is 0 Å². The van der Waals surface area contributed by atoms with Crippen LogP contribution in [0, 0.1) is 0 Å². The maximum atomic E-state index is 2.40. The van der Waals surface area contributed by atoms with Crippen molar-refractivity contribution in [3.05, 3.63) is 12.1 Å². The Morgan fingerprint density at radius 3 is 1.45 bits per heavy atom. The molecular weight excluding hydrogens is 184 g/mol. The molecule has 11 heavy (non-hydrogen) atoms. The summed E-state index contributed by atoms with van der Waals surface area (Å²) in [6.07, 6.45) is 0. The average Bonchev–Trinajstić information content (AvgIpc) is 2.33. The lowest BCUT2D eigenvalue weighted by molar-refractivity contribution is 1.96. The van der Waals surface area contributed by atoms with Gasteiger partial charge >= 0.3 is 0 Å². The van der Waals surface area contributed by atoms with Gasteiger partial charge in [0.25, 0.3) is 0 Å². The zero-order valence-electron chi connectivity index (χ0n) is 7.72. The molecule has 0 aliphatic rings. The standard InChI is InChI=1S/C8H16SSi2/c1-10(2)7-5-6-8(9-7)11(3)4/h5-6,10-11H,1-4H3. The normalized spacial score (nSPS) is 11.5. The number of hydrogen-bond acceptors (Lipinski definition) is 1. The summed E-state index contributed by atoms with van der Waals surface area (Å²) >= 11 is 2.07. The quantitative estimate of drug-likeness (QED) is 0.628. The smallest absolute Gasteiger partial charge is 0.0775 e. The van der Waals surface area contributed by atoms with Gasteiger partial charge in [-0.3, -0.25) is 0 Å². The zero-order valence-corrected chi connectivity index (χ0v) is 10.8. The fraction of sp³-hybridized carbons (Fsp3) is 0.500. The SMILES string of the molecule is C[SiH](C)c1ccc([SiH](C)C)s1. The zero-order chi connectivity index (χ0) is 8.43. The summed E-state index contributed by atoms with van der Waals surface area (Å²) in [7, 11) is -1.02. The Bertz CT molecular complexity index is 205. The van der Waals surface area contributed by atoms with Crippen LogP contribution in [-0.2, 0) is 0 Å². The van der Waals surface area contributed by atoms with E-state index in [9.17, 15) is 0 Å². The minimum absolute atomic E-state index is 0.508. The third-order valence-corrected chi connectivity index (χ3v) is 8.73. The van der Waals surface area contributed by atoms with Gasteiger partial charge in [0.05, 0.1) is 17.6 Å². The van der Waals surface area contributed by atoms with Crippen LogP contribution in [0.15, 0.2) is 12.1 Å². The molecule has 0 aliphatic carbocycles. The Morgan fingerprint density at radius 1 is 0.909 bits per heavy atom. The molecule has 0 aliphatic heterocycles. The van der Waals surface area contributed by atoms with Crippen molar-refractivity contribution in [2.24, 2.45) is 0 Å². The Hall–Kier alpha value is 0.134. The summed E-state index contributed by atoms with van der Waals surface area (Å²) in [4.78, 5) is 0. The van der Waals surface area contributed by atoms with E-state index >= 15 is 0 Å². The van der Waals surface area contributed by atoms with Crippen molar-refractivity contribution in [2.45, 2.75) is 26.2 Å². The molecule has 0 unspecified atom stereocenters. The van der Waals surface area contributed by atoms with Crippen molar-refractivity contribution < 1.29 is 0 Å². The Kier molecular flexibility index (Phi) is 3.10. The van der Waals surface area contributed by atoms with Gasteiger partial charge in [0.2, 0.25) is 0 Å². The molecule has 0 saturated carbocycles. The molecule has 0 saturated heterocycles. The molecule has 1 rings (SSSR count). The monoisotopic (exact) mass is 200 g/mol. The number of hydrogen-bond donors (Lipinski definition) is 0. The molecule has 1 heterocycles. The van der Waals surface area contributed by atoms with Crippen molar-refractivity contribution in [3.8, 4) is 0 Å². The van der Waals surface area contributed by atoms with Gasteiger partial charge in [-0.25, -0.2) is 0 Å². The number of rotatable bonds is 2. The third kappa shape index (κ3) is 2.28. The maximum Gasteiger partial charge on any atom is 0.0775 e. The average molecular weight is 200 g/mol. The minimum Gasteiger partial charge on any atom is -0.155 e. The molecule has 0 fully saturated rings.